The van der Waals surface area contributed by atoms with Crippen molar-refractivity contribution in [2.45, 2.75) is 102 Å². The van der Waals surface area contributed by atoms with Gasteiger partial charge in [0, 0.05) is 57.2 Å². The summed E-state index contributed by atoms with van der Waals surface area (Å²) in [6.45, 7) is 10.8. The fourth-order valence-electron chi connectivity index (χ4n) is 6.76. The first-order valence-electron chi connectivity index (χ1n) is 15.3. The lowest BCUT2D eigenvalue weighted by Gasteiger charge is -2.46. The van der Waals surface area contributed by atoms with E-state index in [-0.39, 0.29) is 23.6 Å². The SMILES string of the molecule is CCCCC1N(CC2CC2)C(=O)OC12CCN(C1CCN(C(=O)c3c(C)cccc3C)CC1)CC2.O=C(O)C(F)(F)F. The third-order valence-corrected chi connectivity index (χ3v) is 9.34. The highest BCUT2D eigenvalue weighted by Gasteiger charge is 2.55. The van der Waals surface area contributed by atoms with E-state index < -0.39 is 12.1 Å². The summed E-state index contributed by atoms with van der Waals surface area (Å²) in [6, 6.07) is 6.85. The number of rotatable bonds is 7. The molecule has 1 aromatic carbocycles. The topological polar surface area (TPSA) is 90.4 Å². The fraction of sp³-hybridized carbons (Fsp3) is 0.710. The molecule has 42 heavy (non-hydrogen) atoms. The van der Waals surface area contributed by atoms with Crippen molar-refractivity contribution in [2.24, 2.45) is 5.92 Å². The molecule has 5 rings (SSSR count). The van der Waals surface area contributed by atoms with Crippen LogP contribution in [0.15, 0.2) is 18.2 Å². The molecule has 3 aliphatic heterocycles. The molecule has 0 bridgehead atoms. The predicted molar refractivity (Wildman–Crippen MR) is 151 cm³/mol. The molecule has 1 saturated carbocycles. The van der Waals surface area contributed by atoms with E-state index in [0.29, 0.717) is 12.0 Å². The van der Waals surface area contributed by atoms with E-state index >= 15 is 0 Å². The molecule has 4 fully saturated rings. The Labute approximate surface area is 246 Å². The van der Waals surface area contributed by atoms with Gasteiger partial charge in [0.25, 0.3) is 5.91 Å². The zero-order valence-corrected chi connectivity index (χ0v) is 24.9. The number of amides is 2. The number of alkyl halides is 3. The molecule has 1 spiro atoms. The van der Waals surface area contributed by atoms with Crippen molar-refractivity contribution in [3.05, 3.63) is 34.9 Å². The Morgan fingerprint density at radius 3 is 2.10 bits per heavy atom. The highest BCUT2D eigenvalue weighted by Crippen LogP contribution is 2.43. The zero-order valence-electron chi connectivity index (χ0n) is 24.9. The van der Waals surface area contributed by atoms with E-state index in [1.807, 2.05) is 36.9 Å². The van der Waals surface area contributed by atoms with Crippen LogP contribution in [-0.2, 0) is 9.53 Å². The number of hydrogen-bond acceptors (Lipinski definition) is 5. The predicted octanol–water partition coefficient (Wildman–Crippen LogP) is 5.80. The molecule has 11 heteroatoms. The second kappa shape index (κ2) is 13.2. The lowest BCUT2D eigenvalue weighted by atomic mass is 9.81. The van der Waals surface area contributed by atoms with E-state index in [4.69, 9.17) is 14.6 Å². The van der Waals surface area contributed by atoms with Crippen molar-refractivity contribution in [3.8, 4) is 0 Å². The summed E-state index contributed by atoms with van der Waals surface area (Å²) in [7, 11) is 0. The van der Waals surface area contributed by atoms with Gasteiger partial charge in [-0.05, 0) is 63.0 Å². The minimum atomic E-state index is -5.08. The summed E-state index contributed by atoms with van der Waals surface area (Å²) in [5.41, 5.74) is 2.72. The molecule has 1 atom stereocenters. The van der Waals surface area contributed by atoms with E-state index in [2.05, 4.69) is 16.7 Å². The van der Waals surface area contributed by atoms with E-state index in [9.17, 15) is 22.8 Å². The minimum absolute atomic E-state index is 0.0650. The molecule has 3 heterocycles. The molecule has 1 aliphatic carbocycles. The number of aliphatic carboxylic acids is 1. The van der Waals surface area contributed by atoms with Gasteiger partial charge in [-0.3, -0.25) is 9.69 Å². The molecule has 2 amide bonds. The van der Waals surface area contributed by atoms with Gasteiger partial charge in [0.1, 0.15) is 5.60 Å². The van der Waals surface area contributed by atoms with Crippen LogP contribution in [-0.4, -0.2) is 94.4 Å². The number of ether oxygens (including phenoxy) is 1. The van der Waals surface area contributed by atoms with Gasteiger partial charge in [-0.1, -0.05) is 38.0 Å². The molecule has 4 aliphatic rings. The van der Waals surface area contributed by atoms with Crippen molar-refractivity contribution in [1.29, 1.82) is 0 Å². The number of carbonyl (C=O) groups is 3. The number of piperidine rings is 2. The van der Waals surface area contributed by atoms with Crippen LogP contribution >= 0.6 is 0 Å². The number of carboxylic acid groups (broad SMARTS) is 1. The second-order valence-corrected chi connectivity index (χ2v) is 12.3. The molecule has 0 radical (unpaired) electrons. The molecule has 0 aromatic heterocycles. The van der Waals surface area contributed by atoms with Crippen LogP contribution in [0.2, 0.25) is 0 Å². The Morgan fingerprint density at radius 2 is 1.60 bits per heavy atom. The van der Waals surface area contributed by atoms with Crippen LogP contribution < -0.4 is 0 Å². The van der Waals surface area contributed by atoms with Crippen LogP contribution in [0.5, 0.6) is 0 Å². The molecule has 3 saturated heterocycles. The molecule has 234 valence electrons. The largest absolute Gasteiger partial charge is 0.490 e. The smallest absolute Gasteiger partial charge is 0.475 e. The summed E-state index contributed by atoms with van der Waals surface area (Å²) in [5.74, 6) is -1.88. The average molecular weight is 596 g/mol. The first-order valence-corrected chi connectivity index (χ1v) is 15.3. The van der Waals surface area contributed by atoms with E-state index in [1.54, 1.807) is 0 Å². The van der Waals surface area contributed by atoms with Gasteiger partial charge in [-0.2, -0.15) is 13.2 Å². The van der Waals surface area contributed by atoms with Gasteiger partial charge in [-0.25, -0.2) is 9.59 Å². The normalized spacial score (nSPS) is 23.0. The number of aryl methyl sites for hydroxylation is 2. The number of likely N-dealkylation sites (tertiary alicyclic amines) is 2. The summed E-state index contributed by atoms with van der Waals surface area (Å²) in [6.07, 6.45) is 4.67. The van der Waals surface area contributed by atoms with Gasteiger partial charge >= 0.3 is 18.2 Å². The molecular weight excluding hydrogens is 551 g/mol. The summed E-state index contributed by atoms with van der Waals surface area (Å²) in [4.78, 5) is 41.8. The van der Waals surface area contributed by atoms with E-state index in [1.165, 1.54) is 12.8 Å². The third-order valence-electron chi connectivity index (χ3n) is 9.34. The Morgan fingerprint density at radius 1 is 1.02 bits per heavy atom. The van der Waals surface area contributed by atoms with E-state index in [0.717, 1.165) is 94.4 Å². The quantitative estimate of drug-likeness (QED) is 0.429. The average Bonchev–Trinajstić information content (AvgIpc) is 3.73. The van der Waals surface area contributed by atoms with Crippen molar-refractivity contribution >= 4 is 18.0 Å². The van der Waals surface area contributed by atoms with Crippen molar-refractivity contribution < 1.29 is 37.4 Å². The molecule has 1 unspecified atom stereocenters. The number of hydrogen-bond donors (Lipinski definition) is 1. The number of unbranched alkanes of at least 4 members (excludes halogenated alkanes) is 1. The standard InChI is InChI=1S/C29H43N3O3.C2HF3O2/c1-4-5-9-25-29(35-28(34)32(25)20-23-10-11-23)14-18-30(19-15-29)24-12-16-31(17-13-24)27(33)26-21(2)7-6-8-22(26)3;3-2(4,5)1(6)7/h6-8,23-25H,4-5,9-20H2,1-3H3;(H,6,7). The maximum Gasteiger partial charge on any atom is 0.490 e. The lowest BCUT2D eigenvalue weighted by Crippen LogP contribution is -2.56. The number of halogens is 3. The van der Waals surface area contributed by atoms with Crippen LogP contribution in [0.25, 0.3) is 0 Å². The van der Waals surface area contributed by atoms with Crippen molar-refractivity contribution in [2.75, 3.05) is 32.7 Å². The highest BCUT2D eigenvalue weighted by atomic mass is 19.4. The van der Waals surface area contributed by atoms with Gasteiger partial charge < -0.3 is 19.6 Å². The van der Waals surface area contributed by atoms with Gasteiger partial charge in [0.05, 0.1) is 6.04 Å². The summed E-state index contributed by atoms with van der Waals surface area (Å²) in [5, 5.41) is 7.12. The van der Waals surface area contributed by atoms with Crippen LogP contribution in [0.1, 0.15) is 86.2 Å². The number of carbonyl (C=O) groups excluding carboxylic acids is 2. The maximum atomic E-state index is 13.2. The third kappa shape index (κ3) is 7.38. The van der Waals surface area contributed by atoms with Gasteiger partial charge in [0.2, 0.25) is 0 Å². The molecule has 1 aromatic rings. The number of benzene rings is 1. The number of nitrogens with zero attached hydrogens (tertiary/aromatic N) is 3. The van der Waals surface area contributed by atoms with Crippen molar-refractivity contribution in [1.82, 2.24) is 14.7 Å². The summed E-state index contributed by atoms with van der Waals surface area (Å²) >= 11 is 0. The molecule has 8 nitrogen and oxygen atoms in total. The number of carboxylic acids is 1. The van der Waals surface area contributed by atoms with Gasteiger partial charge in [-0.15, -0.1) is 0 Å². The fourth-order valence-corrected chi connectivity index (χ4v) is 6.76. The van der Waals surface area contributed by atoms with Crippen LogP contribution in [0.3, 0.4) is 0 Å². The first-order chi connectivity index (χ1) is 19.9. The van der Waals surface area contributed by atoms with Crippen LogP contribution in [0, 0.1) is 19.8 Å². The Bertz CT molecular complexity index is 1100. The van der Waals surface area contributed by atoms with Crippen molar-refractivity contribution in [3.63, 3.8) is 0 Å². The Hall–Kier alpha value is -2.82. The summed E-state index contributed by atoms with van der Waals surface area (Å²) < 4.78 is 37.9. The van der Waals surface area contributed by atoms with Gasteiger partial charge in [0.15, 0.2) is 0 Å². The Kier molecular flexibility index (Phi) is 10.1. The van der Waals surface area contributed by atoms with Crippen LogP contribution in [0.4, 0.5) is 18.0 Å². The molecular formula is C31H44F3N3O5. The Balaban J connectivity index is 0.000000517. The first kappa shape index (κ1) is 32.1. The lowest BCUT2D eigenvalue weighted by molar-refractivity contribution is -0.192. The molecule has 1 N–H and O–H groups in total. The highest BCUT2D eigenvalue weighted by molar-refractivity contribution is 5.97. The monoisotopic (exact) mass is 595 g/mol. The maximum absolute atomic E-state index is 13.2. The minimum Gasteiger partial charge on any atom is -0.475 e. The second-order valence-electron chi connectivity index (χ2n) is 12.3. The zero-order chi connectivity index (χ0) is 30.7.